The SMILES string of the molecule is COc1cc(CNC(=O)C[C@@H]2CCC[C@H]2N)ccc1OCC(=O)N(C)C.Cl. The minimum absolute atomic E-state index is 0. The van der Waals surface area contributed by atoms with Crippen LogP contribution in [0.5, 0.6) is 11.5 Å². The monoisotopic (exact) mass is 399 g/mol. The Kier molecular flexibility index (Phi) is 9.38. The minimum Gasteiger partial charge on any atom is -0.493 e. The Morgan fingerprint density at radius 1 is 1.26 bits per heavy atom. The summed E-state index contributed by atoms with van der Waals surface area (Å²) < 4.78 is 10.8. The highest BCUT2D eigenvalue weighted by molar-refractivity contribution is 5.85. The van der Waals surface area contributed by atoms with E-state index in [0.29, 0.717) is 24.5 Å². The van der Waals surface area contributed by atoms with Gasteiger partial charge < -0.3 is 25.4 Å². The van der Waals surface area contributed by atoms with Crippen molar-refractivity contribution in [2.45, 2.75) is 38.3 Å². The highest BCUT2D eigenvalue weighted by Crippen LogP contribution is 2.29. The molecule has 2 atom stereocenters. The van der Waals surface area contributed by atoms with Gasteiger partial charge in [0.05, 0.1) is 7.11 Å². The molecule has 1 fully saturated rings. The molecular weight excluding hydrogens is 370 g/mol. The number of carbonyl (C=O) groups is 2. The summed E-state index contributed by atoms with van der Waals surface area (Å²) in [6.07, 6.45) is 3.62. The summed E-state index contributed by atoms with van der Waals surface area (Å²) in [6.45, 7) is 0.356. The molecule has 0 radical (unpaired) electrons. The summed E-state index contributed by atoms with van der Waals surface area (Å²) in [6, 6.07) is 5.54. The van der Waals surface area contributed by atoms with E-state index in [-0.39, 0.29) is 42.8 Å². The molecule has 1 aromatic rings. The highest BCUT2D eigenvalue weighted by Gasteiger charge is 2.25. The normalized spacial score (nSPS) is 18.4. The van der Waals surface area contributed by atoms with Crippen molar-refractivity contribution < 1.29 is 19.1 Å². The minimum atomic E-state index is -0.131. The fourth-order valence-corrected chi connectivity index (χ4v) is 3.04. The van der Waals surface area contributed by atoms with Crippen LogP contribution in [0.2, 0.25) is 0 Å². The van der Waals surface area contributed by atoms with Crippen molar-refractivity contribution in [3.8, 4) is 11.5 Å². The molecule has 0 saturated heterocycles. The molecule has 152 valence electrons. The number of nitrogens with two attached hydrogens (primary N) is 1. The fraction of sp³-hybridized carbons (Fsp3) is 0.579. The quantitative estimate of drug-likeness (QED) is 0.694. The Hall–Kier alpha value is -1.99. The first-order valence-electron chi connectivity index (χ1n) is 8.93. The van der Waals surface area contributed by atoms with Crippen molar-refractivity contribution in [2.75, 3.05) is 27.8 Å². The lowest BCUT2D eigenvalue weighted by atomic mass is 10.00. The molecule has 0 spiro atoms. The Balaban J connectivity index is 0.00000364. The zero-order chi connectivity index (χ0) is 19.1. The average Bonchev–Trinajstić information content (AvgIpc) is 3.02. The zero-order valence-electron chi connectivity index (χ0n) is 16.2. The van der Waals surface area contributed by atoms with E-state index in [2.05, 4.69) is 5.32 Å². The van der Waals surface area contributed by atoms with E-state index in [0.717, 1.165) is 24.8 Å². The summed E-state index contributed by atoms with van der Waals surface area (Å²) in [5.74, 6) is 1.20. The van der Waals surface area contributed by atoms with Crippen LogP contribution in [0, 0.1) is 5.92 Å². The first-order valence-corrected chi connectivity index (χ1v) is 8.93. The van der Waals surface area contributed by atoms with Gasteiger partial charge in [-0.3, -0.25) is 9.59 Å². The van der Waals surface area contributed by atoms with Gasteiger partial charge in [-0.25, -0.2) is 0 Å². The molecule has 3 N–H and O–H groups in total. The third-order valence-corrected chi connectivity index (χ3v) is 4.73. The van der Waals surface area contributed by atoms with Crippen molar-refractivity contribution in [1.82, 2.24) is 10.2 Å². The number of likely N-dealkylation sites (N-methyl/N-ethyl adjacent to an activating group) is 1. The van der Waals surface area contributed by atoms with Gasteiger partial charge in [0.2, 0.25) is 5.91 Å². The Morgan fingerprint density at radius 3 is 2.59 bits per heavy atom. The lowest BCUT2D eigenvalue weighted by Gasteiger charge is -2.16. The molecule has 2 rings (SSSR count). The van der Waals surface area contributed by atoms with Crippen LogP contribution in [0.15, 0.2) is 18.2 Å². The van der Waals surface area contributed by atoms with E-state index in [1.54, 1.807) is 33.3 Å². The molecular formula is C19H30ClN3O4. The number of nitrogens with zero attached hydrogens (tertiary/aromatic N) is 1. The third kappa shape index (κ3) is 6.92. The van der Waals surface area contributed by atoms with Gasteiger partial charge in [0.25, 0.3) is 5.91 Å². The molecule has 1 saturated carbocycles. The molecule has 0 unspecified atom stereocenters. The molecule has 1 aliphatic rings. The second-order valence-corrected chi connectivity index (χ2v) is 6.90. The van der Waals surface area contributed by atoms with Crippen LogP contribution in [-0.2, 0) is 16.1 Å². The van der Waals surface area contributed by atoms with Crippen LogP contribution in [0.25, 0.3) is 0 Å². The number of ether oxygens (including phenoxy) is 2. The second kappa shape index (κ2) is 11.0. The number of benzene rings is 1. The Labute approximate surface area is 167 Å². The van der Waals surface area contributed by atoms with E-state index in [9.17, 15) is 9.59 Å². The Morgan fingerprint density at radius 2 is 2.00 bits per heavy atom. The van der Waals surface area contributed by atoms with E-state index >= 15 is 0 Å². The predicted molar refractivity (Wildman–Crippen MR) is 106 cm³/mol. The van der Waals surface area contributed by atoms with Crippen molar-refractivity contribution in [3.63, 3.8) is 0 Å². The number of halogens is 1. The molecule has 8 heteroatoms. The van der Waals surface area contributed by atoms with Crippen molar-refractivity contribution in [1.29, 1.82) is 0 Å². The van der Waals surface area contributed by atoms with Crippen LogP contribution in [-0.4, -0.2) is 50.6 Å². The maximum Gasteiger partial charge on any atom is 0.259 e. The summed E-state index contributed by atoms with van der Waals surface area (Å²) in [5.41, 5.74) is 6.92. The van der Waals surface area contributed by atoms with Gasteiger partial charge in [-0.05, 0) is 36.5 Å². The number of methoxy groups -OCH3 is 1. The molecule has 1 aromatic carbocycles. The van der Waals surface area contributed by atoms with E-state index < -0.39 is 0 Å². The van der Waals surface area contributed by atoms with Crippen LogP contribution in [0.4, 0.5) is 0 Å². The van der Waals surface area contributed by atoms with Gasteiger partial charge in [0.1, 0.15) is 0 Å². The molecule has 0 bridgehead atoms. The molecule has 27 heavy (non-hydrogen) atoms. The van der Waals surface area contributed by atoms with E-state index in [4.69, 9.17) is 15.2 Å². The maximum atomic E-state index is 12.1. The second-order valence-electron chi connectivity index (χ2n) is 6.90. The number of amides is 2. The summed E-state index contributed by atoms with van der Waals surface area (Å²) >= 11 is 0. The van der Waals surface area contributed by atoms with Gasteiger partial charge in [0.15, 0.2) is 18.1 Å². The first-order chi connectivity index (χ1) is 12.4. The molecule has 0 heterocycles. The van der Waals surface area contributed by atoms with Gasteiger partial charge in [-0.15, -0.1) is 12.4 Å². The topological polar surface area (TPSA) is 93.9 Å². The molecule has 7 nitrogen and oxygen atoms in total. The number of hydrogen-bond donors (Lipinski definition) is 2. The predicted octanol–water partition coefficient (Wildman–Crippen LogP) is 1.72. The van der Waals surface area contributed by atoms with Crippen LogP contribution < -0.4 is 20.5 Å². The van der Waals surface area contributed by atoms with Gasteiger partial charge in [0, 0.05) is 33.1 Å². The summed E-state index contributed by atoms with van der Waals surface area (Å²) in [7, 11) is 4.89. The van der Waals surface area contributed by atoms with Gasteiger partial charge in [-0.1, -0.05) is 12.5 Å². The van der Waals surface area contributed by atoms with Crippen molar-refractivity contribution in [2.24, 2.45) is 11.7 Å². The molecule has 1 aliphatic carbocycles. The summed E-state index contributed by atoms with van der Waals surface area (Å²) in [4.78, 5) is 25.2. The highest BCUT2D eigenvalue weighted by atomic mass is 35.5. The first kappa shape index (κ1) is 23.0. The van der Waals surface area contributed by atoms with Gasteiger partial charge in [-0.2, -0.15) is 0 Å². The van der Waals surface area contributed by atoms with Crippen LogP contribution in [0.1, 0.15) is 31.2 Å². The standard InChI is InChI=1S/C19H29N3O4.ClH/c1-22(2)19(24)12-26-16-8-7-13(9-17(16)25-3)11-21-18(23)10-14-5-4-6-15(14)20;/h7-9,14-15H,4-6,10-12,20H2,1-3H3,(H,21,23);1H/t14-,15+;/m0./s1. The number of hydrogen-bond acceptors (Lipinski definition) is 5. The number of carbonyl (C=O) groups excluding carboxylic acids is 2. The lowest BCUT2D eigenvalue weighted by molar-refractivity contribution is -0.130. The molecule has 2 amide bonds. The van der Waals surface area contributed by atoms with Gasteiger partial charge >= 0.3 is 0 Å². The third-order valence-electron chi connectivity index (χ3n) is 4.73. The average molecular weight is 400 g/mol. The lowest BCUT2D eigenvalue weighted by Crippen LogP contribution is -2.31. The molecule has 0 aliphatic heterocycles. The smallest absolute Gasteiger partial charge is 0.259 e. The fourth-order valence-electron chi connectivity index (χ4n) is 3.04. The summed E-state index contributed by atoms with van der Waals surface area (Å²) in [5, 5.41) is 2.93. The largest absolute Gasteiger partial charge is 0.493 e. The maximum absolute atomic E-state index is 12.1. The van der Waals surface area contributed by atoms with Crippen LogP contribution >= 0.6 is 12.4 Å². The Bertz CT molecular complexity index is 639. The van der Waals surface area contributed by atoms with Crippen molar-refractivity contribution >= 4 is 24.2 Å². The number of nitrogens with one attached hydrogen (secondary N) is 1. The van der Waals surface area contributed by atoms with Crippen LogP contribution in [0.3, 0.4) is 0 Å². The van der Waals surface area contributed by atoms with E-state index in [1.807, 2.05) is 6.07 Å². The molecule has 0 aromatic heterocycles. The zero-order valence-corrected chi connectivity index (χ0v) is 17.0. The van der Waals surface area contributed by atoms with Crippen molar-refractivity contribution in [3.05, 3.63) is 23.8 Å². The number of rotatable bonds is 8. The van der Waals surface area contributed by atoms with E-state index in [1.165, 1.54) is 4.90 Å².